The van der Waals surface area contributed by atoms with E-state index in [2.05, 4.69) is 29.6 Å². The fourth-order valence-corrected chi connectivity index (χ4v) is 3.71. The quantitative estimate of drug-likeness (QED) is 0.284. The van der Waals surface area contributed by atoms with E-state index in [4.69, 9.17) is 9.47 Å². The van der Waals surface area contributed by atoms with Crippen LogP contribution < -0.4 is 10.1 Å². The van der Waals surface area contributed by atoms with E-state index in [9.17, 15) is 5.11 Å². The SMILES string of the molecule is O[C@@H](CNCc1ccccc1)c1cccc(COCc2cccc(OCc3ccccc3)c2)c1. The summed E-state index contributed by atoms with van der Waals surface area (Å²) >= 11 is 0. The molecule has 0 fully saturated rings. The Morgan fingerprint density at radius 3 is 1.97 bits per heavy atom. The van der Waals surface area contributed by atoms with Crippen LogP contribution in [-0.4, -0.2) is 11.7 Å². The summed E-state index contributed by atoms with van der Waals surface area (Å²) in [7, 11) is 0. The Balaban J connectivity index is 1.23. The molecule has 34 heavy (non-hydrogen) atoms. The smallest absolute Gasteiger partial charge is 0.120 e. The fraction of sp³-hybridized carbons (Fsp3) is 0.200. The van der Waals surface area contributed by atoms with Gasteiger partial charge in [-0.3, -0.25) is 0 Å². The predicted molar refractivity (Wildman–Crippen MR) is 135 cm³/mol. The monoisotopic (exact) mass is 453 g/mol. The van der Waals surface area contributed by atoms with Gasteiger partial charge in [0.2, 0.25) is 0 Å². The second-order valence-corrected chi connectivity index (χ2v) is 8.29. The molecule has 2 N–H and O–H groups in total. The summed E-state index contributed by atoms with van der Waals surface area (Å²) in [6.07, 6.45) is -0.567. The number of hydrogen-bond donors (Lipinski definition) is 2. The van der Waals surface area contributed by atoms with Crippen molar-refractivity contribution in [1.82, 2.24) is 5.32 Å². The van der Waals surface area contributed by atoms with Crippen molar-refractivity contribution in [2.45, 2.75) is 32.5 Å². The molecule has 0 aliphatic heterocycles. The minimum Gasteiger partial charge on any atom is -0.489 e. The van der Waals surface area contributed by atoms with E-state index in [1.165, 1.54) is 5.56 Å². The Morgan fingerprint density at radius 1 is 0.618 bits per heavy atom. The van der Waals surface area contributed by atoms with Crippen LogP contribution in [-0.2, 0) is 31.1 Å². The maximum atomic E-state index is 10.6. The second kappa shape index (κ2) is 12.7. The minimum absolute atomic E-state index is 0.479. The summed E-state index contributed by atoms with van der Waals surface area (Å²) in [6, 6.07) is 36.3. The number of rotatable bonds is 12. The van der Waals surface area contributed by atoms with Crippen LogP contribution in [0.4, 0.5) is 0 Å². The third kappa shape index (κ3) is 7.56. The van der Waals surface area contributed by atoms with Gasteiger partial charge in [0.15, 0.2) is 0 Å². The average molecular weight is 454 g/mol. The van der Waals surface area contributed by atoms with Gasteiger partial charge in [-0.1, -0.05) is 97.1 Å². The minimum atomic E-state index is -0.567. The van der Waals surface area contributed by atoms with Crippen LogP contribution in [0.1, 0.15) is 33.9 Å². The van der Waals surface area contributed by atoms with Gasteiger partial charge >= 0.3 is 0 Å². The number of benzene rings is 4. The molecule has 0 saturated carbocycles. The third-order valence-electron chi connectivity index (χ3n) is 5.53. The lowest BCUT2D eigenvalue weighted by molar-refractivity contribution is 0.106. The first-order chi connectivity index (χ1) is 16.8. The van der Waals surface area contributed by atoms with Crippen LogP contribution in [0.2, 0.25) is 0 Å². The molecule has 4 nitrogen and oxygen atoms in total. The standard InChI is InChI=1S/C30H31NO3/c32-30(20-31-19-24-9-3-1-4-10-24)28-15-7-13-26(17-28)21-33-22-27-14-8-16-29(18-27)34-23-25-11-5-2-6-12-25/h1-18,30-32H,19-23H2/t30-/m0/s1. The molecule has 4 rings (SSSR count). The molecule has 174 valence electrons. The summed E-state index contributed by atoms with van der Waals surface area (Å²) < 4.78 is 11.9. The maximum absolute atomic E-state index is 10.6. The topological polar surface area (TPSA) is 50.7 Å². The zero-order chi connectivity index (χ0) is 23.4. The first-order valence-electron chi connectivity index (χ1n) is 11.6. The van der Waals surface area contributed by atoms with E-state index in [-0.39, 0.29) is 0 Å². The van der Waals surface area contributed by atoms with Gasteiger partial charge < -0.3 is 19.9 Å². The van der Waals surface area contributed by atoms with Gasteiger partial charge in [-0.15, -0.1) is 0 Å². The Labute approximate surface area is 201 Å². The molecule has 4 heteroatoms. The molecule has 0 heterocycles. The van der Waals surface area contributed by atoms with Crippen molar-refractivity contribution in [3.05, 3.63) is 137 Å². The van der Waals surface area contributed by atoms with Crippen molar-refractivity contribution in [2.24, 2.45) is 0 Å². The van der Waals surface area contributed by atoms with Crippen molar-refractivity contribution in [2.75, 3.05) is 6.54 Å². The molecule has 0 saturated heterocycles. The number of nitrogens with one attached hydrogen (secondary N) is 1. The fourth-order valence-electron chi connectivity index (χ4n) is 3.71. The van der Waals surface area contributed by atoms with E-state index < -0.39 is 6.10 Å². The van der Waals surface area contributed by atoms with Gasteiger partial charge in [0.05, 0.1) is 19.3 Å². The number of hydrogen-bond acceptors (Lipinski definition) is 4. The van der Waals surface area contributed by atoms with Gasteiger partial charge in [0.25, 0.3) is 0 Å². The molecular formula is C30H31NO3. The van der Waals surface area contributed by atoms with E-state index in [1.807, 2.05) is 84.9 Å². The molecule has 0 spiro atoms. The second-order valence-electron chi connectivity index (χ2n) is 8.29. The van der Waals surface area contributed by atoms with Crippen molar-refractivity contribution in [1.29, 1.82) is 0 Å². The van der Waals surface area contributed by atoms with Crippen molar-refractivity contribution < 1.29 is 14.6 Å². The van der Waals surface area contributed by atoms with E-state index in [0.717, 1.165) is 34.5 Å². The molecule has 0 aliphatic carbocycles. The van der Waals surface area contributed by atoms with Gasteiger partial charge in [-0.2, -0.15) is 0 Å². The van der Waals surface area contributed by atoms with Gasteiger partial charge in [0, 0.05) is 13.1 Å². The highest BCUT2D eigenvalue weighted by molar-refractivity contribution is 5.29. The largest absolute Gasteiger partial charge is 0.489 e. The summed E-state index contributed by atoms with van der Waals surface area (Å²) in [5.74, 6) is 0.832. The van der Waals surface area contributed by atoms with Crippen molar-refractivity contribution in [3.8, 4) is 5.75 Å². The highest BCUT2D eigenvalue weighted by atomic mass is 16.5. The van der Waals surface area contributed by atoms with Crippen LogP contribution in [0.3, 0.4) is 0 Å². The highest BCUT2D eigenvalue weighted by Gasteiger charge is 2.08. The molecular weight excluding hydrogens is 422 g/mol. The molecule has 0 bridgehead atoms. The average Bonchev–Trinajstić information content (AvgIpc) is 2.89. The molecule has 0 aromatic heterocycles. The van der Waals surface area contributed by atoms with Crippen molar-refractivity contribution in [3.63, 3.8) is 0 Å². The predicted octanol–water partition coefficient (Wildman–Crippen LogP) is 5.81. The summed E-state index contributed by atoms with van der Waals surface area (Å²) in [5.41, 5.74) is 5.33. The first-order valence-corrected chi connectivity index (χ1v) is 11.6. The lowest BCUT2D eigenvalue weighted by Gasteiger charge is -2.14. The van der Waals surface area contributed by atoms with Gasteiger partial charge in [-0.05, 0) is 39.9 Å². The summed E-state index contributed by atoms with van der Waals surface area (Å²) in [5, 5.41) is 13.9. The number of aliphatic hydroxyl groups excluding tert-OH is 1. The normalized spacial score (nSPS) is 11.8. The summed E-state index contributed by atoms with van der Waals surface area (Å²) in [4.78, 5) is 0. The molecule has 1 atom stereocenters. The first kappa shape index (κ1) is 23.7. The van der Waals surface area contributed by atoms with Gasteiger partial charge in [-0.25, -0.2) is 0 Å². The Hall–Kier alpha value is -3.44. The molecule has 0 amide bonds. The Kier molecular flexibility index (Phi) is 8.86. The molecule has 0 unspecified atom stereocenters. The zero-order valence-corrected chi connectivity index (χ0v) is 19.3. The van der Waals surface area contributed by atoms with Crippen molar-refractivity contribution >= 4 is 0 Å². The van der Waals surface area contributed by atoms with Crippen LogP contribution in [0.25, 0.3) is 0 Å². The number of ether oxygens (including phenoxy) is 2. The lowest BCUT2D eigenvalue weighted by Crippen LogP contribution is -2.21. The molecule has 4 aromatic carbocycles. The van der Waals surface area contributed by atoms with Crippen LogP contribution in [0.15, 0.2) is 109 Å². The molecule has 0 aliphatic rings. The van der Waals surface area contributed by atoms with E-state index in [1.54, 1.807) is 0 Å². The molecule has 0 radical (unpaired) electrons. The van der Waals surface area contributed by atoms with Crippen LogP contribution in [0.5, 0.6) is 5.75 Å². The van der Waals surface area contributed by atoms with Crippen LogP contribution in [0, 0.1) is 0 Å². The Morgan fingerprint density at radius 2 is 1.24 bits per heavy atom. The Bertz CT molecular complexity index is 1130. The highest BCUT2D eigenvalue weighted by Crippen LogP contribution is 2.18. The number of aliphatic hydroxyl groups is 1. The van der Waals surface area contributed by atoms with E-state index in [0.29, 0.717) is 26.4 Å². The van der Waals surface area contributed by atoms with E-state index >= 15 is 0 Å². The van der Waals surface area contributed by atoms with Gasteiger partial charge in [0.1, 0.15) is 12.4 Å². The lowest BCUT2D eigenvalue weighted by atomic mass is 10.1. The maximum Gasteiger partial charge on any atom is 0.120 e. The third-order valence-corrected chi connectivity index (χ3v) is 5.53. The molecule has 4 aromatic rings. The van der Waals surface area contributed by atoms with Crippen LogP contribution >= 0.6 is 0 Å². The zero-order valence-electron chi connectivity index (χ0n) is 19.3. The summed E-state index contributed by atoms with van der Waals surface area (Å²) in [6.45, 7) is 2.74.